The molecule has 5 nitrogen and oxygen atoms in total. The van der Waals surface area contributed by atoms with Crippen LogP contribution in [0, 0.1) is 15.9 Å². The van der Waals surface area contributed by atoms with E-state index in [1.807, 2.05) is 0 Å². The Morgan fingerprint density at radius 3 is 2.67 bits per heavy atom. The first kappa shape index (κ1) is 9.32. The van der Waals surface area contributed by atoms with Gasteiger partial charge in [-0.3, -0.25) is 14.9 Å². The molecule has 0 aliphatic carbocycles. The Kier molecular flexibility index (Phi) is 1.96. The van der Waals surface area contributed by atoms with E-state index in [9.17, 15) is 19.3 Å². The molecule has 0 radical (unpaired) electrons. The number of halogens is 1. The summed E-state index contributed by atoms with van der Waals surface area (Å²) in [5.74, 6) is -0.687. The highest BCUT2D eigenvalue weighted by molar-refractivity contribution is 5.87. The second kappa shape index (κ2) is 3.16. The number of hydrogen-bond donors (Lipinski definition) is 1. The molecule has 2 rings (SSSR count). The van der Waals surface area contributed by atoms with Crippen LogP contribution >= 0.6 is 0 Å². The molecule has 2 aromatic rings. The van der Waals surface area contributed by atoms with Gasteiger partial charge in [-0.15, -0.1) is 0 Å². The SMILES string of the molecule is O=c1ccc2c([N+](=O)[O-])ccc(F)c2[nH]1. The van der Waals surface area contributed by atoms with Gasteiger partial charge in [0, 0.05) is 12.1 Å². The van der Waals surface area contributed by atoms with Crippen molar-refractivity contribution >= 4 is 16.6 Å². The third kappa shape index (κ3) is 1.45. The smallest absolute Gasteiger partial charge is 0.278 e. The summed E-state index contributed by atoms with van der Waals surface area (Å²) in [6.45, 7) is 0. The second-order valence-electron chi connectivity index (χ2n) is 2.93. The summed E-state index contributed by atoms with van der Waals surface area (Å²) >= 11 is 0. The van der Waals surface area contributed by atoms with Crippen LogP contribution < -0.4 is 5.56 Å². The third-order valence-corrected chi connectivity index (χ3v) is 2.02. The van der Waals surface area contributed by atoms with Crippen molar-refractivity contribution < 1.29 is 9.31 Å². The maximum Gasteiger partial charge on any atom is 0.278 e. The summed E-state index contributed by atoms with van der Waals surface area (Å²) in [7, 11) is 0. The molecule has 0 atom stereocenters. The lowest BCUT2D eigenvalue weighted by Crippen LogP contribution is -2.04. The van der Waals surface area contributed by atoms with Crippen molar-refractivity contribution in [2.75, 3.05) is 0 Å². The molecule has 0 saturated heterocycles. The Hall–Kier alpha value is -2.24. The molecule has 0 aliphatic rings. The molecule has 76 valence electrons. The Bertz CT molecular complexity index is 606. The van der Waals surface area contributed by atoms with E-state index in [0.717, 1.165) is 18.2 Å². The Labute approximate surface area is 82.3 Å². The molecule has 0 spiro atoms. The zero-order chi connectivity index (χ0) is 11.0. The summed E-state index contributed by atoms with van der Waals surface area (Å²) in [5.41, 5.74) is -0.874. The number of benzene rings is 1. The molecule has 0 unspecified atom stereocenters. The molecular formula is C9H5FN2O3. The Balaban J connectivity index is 2.94. The van der Waals surface area contributed by atoms with Gasteiger partial charge < -0.3 is 4.98 Å². The van der Waals surface area contributed by atoms with Gasteiger partial charge in [0.05, 0.1) is 15.8 Å². The van der Waals surface area contributed by atoms with Gasteiger partial charge in [0.15, 0.2) is 0 Å². The number of fused-ring (bicyclic) bond motifs is 1. The summed E-state index contributed by atoms with van der Waals surface area (Å²) in [4.78, 5) is 23.1. The molecule has 0 saturated carbocycles. The van der Waals surface area contributed by atoms with E-state index in [4.69, 9.17) is 0 Å². The minimum absolute atomic E-state index is 0.0830. The summed E-state index contributed by atoms with van der Waals surface area (Å²) in [6.07, 6.45) is 0. The van der Waals surface area contributed by atoms with E-state index >= 15 is 0 Å². The normalized spacial score (nSPS) is 10.5. The van der Waals surface area contributed by atoms with E-state index in [2.05, 4.69) is 4.98 Å². The topological polar surface area (TPSA) is 76.0 Å². The van der Waals surface area contributed by atoms with E-state index in [-0.39, 0.29) is 16.6 Å². The molecule has 0 bridgehead atoms. The van der Waals surface area contributed by atoms with Crippen molar-refractivity contribution in [2.24, 2.45) is 0 Å². The lowest BCUT2D eigenvalue weighted by atomic mass is 10.2. The predicted octanol–water partition coefficient (Wildman–Crippen LogP) is 1.58. The molecule has 6 heteroatoms. The quantitative estimate of drug-likeness (QED) is 0.570. The van der Waals surface area contributed by atoms with E-state index in [1.165, 1.54) is 6.07 Å². The monoisotopic (exact) mass is 208 g/mol. The summed E-state index contributed by atoms with van der Waals surface area (Å²) < 4.78 is 13.2. The van der Waals surface area contributed by atoms with Crippen LogP contribution in [-0.4, -0.2) is 9.91 Å². The van der Waals surface area contributed by atoms with E-state index < -0.39 is 16.3 Å². The molecule has 0 amide bonds. The van der Waals surface area contributed by atoms with Crippen LogP contribution in [0.1, 0.15) is 0 Å². The van der Waals surface area contributed by atoms with Gasteiger partial charge in [0.1, 0.15) is 5.82 Å². The molecule has 15 heavy (non-hydrogen) atoms. The van der Waals surface area contributed by atoms with Crippen molar-refractivity contribution in [3.8, 4) is 0 Å². The average molecular weight is 208 g/mol. The average Bonchev–Trinajstić information content (AvgIpc) is 2.19. The van der Waals surface area contributed by atoms with Gasteiger partial charge in [-0.25, -0.2) is 4.39 Å². The zero-order valence-corrected chi connectivity index (χ0v) is 7.36. The number of aromatic amines is 1. The summed E-state index contributed by atoms with van der Waals surface area (Å²) in [6, 6.07) is 4.37. The fourth-order valence-corrected chi connectivity index (χ4v) is 1.36. The van der Waals surface area contributed by atoms with Crippen molar-refractivity contribution in [3.05, 3.63) is 50.6 Å². The number of nitrogens with zero attached hydrogens (tertiary/aromatic N) is 1. The second-order valence-corrected chi connectivity index (χ2v) is 2.93. The number of H-pyrrole nitrogens is 1. The van der Waals surface area contributed by atoms with Crippen LogP contribution in [0.4, 0.5) is 10.1 Å². The minimum Gasteiger partial charge on any atom is -0.319 e. The number of nitro benzene ring substituents is 1. The van der Waals surface area contributed by atoms with Crippen LogP contribution in [0.2, 0.25) is 0 Å². The van der Waals surface area contributed by atoms with Gasteiger partial charge in [0.25, 0.3) is 5.69 Å². The van der Waals surface area contributed by atoms with Crippen LogP contribution in [0.3, 0.4) is 0 Å². The van der Waals surface area contributed by atoms with Crippen LogP contribution in [-0.2, 0) is 0 Å². The van der Waals surface area contributed by atoms with Crippen LogP contribution in [0.15, 0.2) is 29.1 Å². The summed E-state index contributed by atoms with van der Waals surface area (Å²) in [5, 5.41) is 10.7. The number of hydrogen-bond acceptors (Lipinski definition) is 3. The highest BCUT2D eigenvalue weighted by Crippen LogP contribution is 2.24. The molecule has 1 aromatic carbocycles. The number of aromatic nitrogens is 1. The van der Waals surface area contributed by atoms with Gasteiger partial charge in [-0.05, 0) is 12.1 Å². The predicted molar refractivity (Wildman–Crippen MR) is 51.2 cm³/mol. The first-order valence-electron chi connectivity index (χ1n) is 4.05. The lowest BCUT2D eigenvalue weighted by Gasteiger charge is -1.99. The van der Waals surface area contributed by atoms with Crippen molar-refractivity contribution in [2.45, 2.75) is 0 Å². The van der Waals surface area contributed by atoms with E-state index in [1.54, 1.807) is 0 Å². The van der Waals surface area contributed by atoms with Crippen LogP contribution in [0.5, 0.6) is 0 Å². The van der Waals surface area contributed by atoms with Crippen molar-refractivity contribution in [1.29, 1.82) is 0 Å². The molecule has 1 N–H and O–H groups in total. The van der Waals surface area contributed by atoms with Crippen molar-refractivity contribution in [3.63, 3.8) is 0 Å². The maximum atomic E-state index is 13.2. The van der Waals surface area contributed by atoms with Gasteiger partial charge >= 0.3 is 0 Å². The number of nitrogens with one attached hydrogen (secondary N) is 1. The molecule has 1 heterocycles. The maximum absolute atomic E-state index is 13.2. The van der Waals surface area contributed by atoms with Gasteiger partial charge in [-0.2, -0.15) is 0 Å². The third-order valence-electron chi connectivity index (χ3n) is 2.02. The number of nitro groups is 1. The fourth-order valence-electron chi connectivity index (χ4n) is 1.36. The van der Waals surface area contributed by atoms with Crippen molar-refractivity contribution in [1.82, 2.24) is 4.98 Å². The number of non-ortho nitro benzene ring substituents is 1. The van der Waals surface area contributed by atoms with Gasteiger partial charge in [-0.1, -0.05) is 0 Å². The van der Waals surface area contributed by atoms with Crippen LogP contribution in [0.25, 0.3) is 10.9 Å². The largest absolute Gasteiger partial charge is 0.319 e. The molecule has 1 aromatic heterocycles. The Morgan fingerprint density at radius 1 is 1.27 bits per heavy atom. The number of pyridine rings is 1. The number of rotatable bonds is 1. The zero-order valence-electron chi connectivity index (χ0n) is 7.36. The first-order chi connectivity index (χ1) is 7.09. The van der Waals surface area contributed by atoms with E-state index in [0.29, 0.717) is 0 Å². The minimum atomic E-state index is -0.687. The Morgan fingerprint density at radius 2 is 2.00 bits per heavy atom. The lowest BCUT2D eigenvalue weighted by molar-refractivity contribution is -0.383. The first-order valence-corrected chi connectivity index (χ1v) is 4.05. The molecule has 0 aliphatic heterocycles. The fraction of sp³-hybridized carbons (Fsp3) is 0. The highest BCUT2D eigenvalue weighted by Gasteiger charge is 2.14. The van der Waals surface area contributed by atoms with Gasteiger partial charge in [0.2, 0.25) is 5.56 Å². The molecular weight excluding hydrogens is 203 g/mol. The highest BCUT2D eigenvalue weighted by atomic mass is 19.1. The molecule has 0 fully saturated rings. The standard InChI is InChI=1S/C9H5FN2O3/c10-6-2-3-7(12(14)15)5-1-4-8(13)11-9(5)6/h1-4H,(H,11,13).